The van der Waals surface area contributed by atoms with Crippen molar-refractivity contribution in [3.8, 4) is 0 Å². The van der Waals surface area contributed by atoms with Gasteiger partial charge in [-0.15, -0.1) is 0 Å². The maximum Gasteiger partial charge on any atom is 0.322 e. The Balaban J connectivity index is 2.41. The number of aryl methyl sites for hydroxylation is 2. The van der Waals surface area contributed by atoms with Gasteiger partial charge in [0.25, 0.3) is 10.0 Å². The third-order valence-corrected chi connectivity index (χ3v) is 4.92. The van der Waals surface area contributed by atoms with E-state index in [1.807, 2.05) is 0 Å². The lowest BCUT2D eigenvalue weighted by molar-refractivity contribution is -0.140. The van der Waals surface area contributed by atoms with Crippen molar-refractivity contribution in [1.82, 2.24) is 13.9 Å². The molecule has 0 aromatic carbocycles. The number of aliphatic carboxylic acids is 1. The summed E-state index contributed by atoms with van der Waals surface area (Å²) in [6, 6.07) is -1.25. The molecule has 0 bridgehead atoms. The van der Waals surface area contributed by atoms with E-state index in [4.69, 9.17) is 5.11 Å². The van der Waals surface area contributed by atoms with Crippen LogP contribution in [0.2, 0.25) is 0 Å². The number of hydrogen-bond donors (Lipinski definition) is 2. The van der Waals surface area contributed by atoms with Crippen LogP contribution < -0.4 is 0 Å². The van der Waals surface area contributed by atoms with Crippen molar-refractivity contribution in [3.05, 3.63) is 12.0 Å². The van der Waals surface area contributed by atoms with Crippen molar-refractivity contribution in [1.29, 1.82) is 0 Å². The first kappa shape index (κ1) is 14.0. The number of carboxylic acid groups (broad SMARTS) is 1. The van der Waals surface area contributed by atoms with Crippen LogP contribution >= 0.6 is 0 Å². The molecule has 106 valence electrons. The largest absolute Gasteiger partial charge is 0.480 e. The molecule has 0 aliphatic carbocycles. The molecule has 0 spiro atoms. The van der Waals surface area contributed by atoms with E-state index in [0.29, 0.717) is 5.82 Å². The number of sulfonamides is 1. The molecule has 19 heavy (non-hydrogen) atoms. The van der Waals surface area contributed by atoms with Crippen molar-refractivity contribution in [2.24, 2.45) is 7.05 Å². The molecular formula is C10H15N3O5S. The number of aromatic nitrogens is 2. The van der Waals surface area contributed by atoms with Gasteiger partial charge in [0.15, 0.2) is 5.03 Å². The topological polar surface area (TPSA) is 113 Å². The van der Waals surface area contributed by atoms with Crippen LogP contribution in [0.3, 0.4) is 0 Å². The summed E-state index contributed by atoms with van der Waals surface area (Å²) in [5.74, 6) is -0.766. The molecule has 0 radical (unpaired) electrons. The normalized spacial score (nSPS) is 24.8. The van der Waals surface area contributed by atoms with Gasteiger partial charge in [-0.05, 0) is 6.92 Å². The zero-order valence-electron chi connectivity index (χ0n) is 10.5. The van der Waals surface area contributed by atoms with E-state index in [0.717, 1.165) is 4.31 Å². The summed E-state index contributed by atoms with van der Waals surface area (Å²) < 4.78 is 27.0. The van der Waals surface area contributed by atoms with Crippen LogP contribution in [0.1, 0.15) is 12.2 Å². The van der Waals surface area contributed by atoms with Crippen LogP contribution in [-0.2, 0) is 21.9 Å². The first-order valence-corrected chi connectivity index (χ1v) is 7.10. The minimum Gasteiger partial charge on any atom is -0.480 e. The highest BCUT2D eigenvalue weighted by molar-refractivity contribution is 7.89. The standard InChI is InChI=1S/C10H15N3O5S/c1-6-11-9(5-12(6)2)19(17,18)13-4-7(14)3-8(13)10(15)16/h5,7-8,14H,3-4H2,1-2H3,(H,15,16)/t7-,8-/m0/s1. The number of aliphatic hydroxyl groups excluding tert-OH is 1. The lowest BCUT2D eigenvalue weighted by Crippen LogP contribution is -2.40. The number of aliphatic hydroxyl groups is 1. The highest BCUT2D eigenvalue weighted by Gasteiger charge is 2.44. The molecule has 2 heterocycles. The second-order valence-corrected chi connectivity index (χ2v) is 6.39. The molecule has 1 aromatic heterocycles. The van der Waals surface area contributed by atoms with Gasteiger partial charge in [0.2, 0.25) is 0 Å². The van der Waals surface area contributed by atoms with Crippen LogP contribution in [-0.4, -0.2) is 57.1 Å². The minimum atomic E-state index is -4.01. The third kappa shape index (κ3) is 2.36. The zero-order valence-corrected chi connectivity index (χ0v) is 11.3. The fourth-order valence-electron chi connectivity index (χ4n) is 2.05. The van der Waals surface area contributed by atoms with Gasteiger partial charge in [-0.25, -0.2) is 13.4 Å². The summed E-state index contributed by atoms with van der Waals surface area (Å²) in [4.78, 5) is 15.0. The van der Waals surface area contributed by atoms with E-state index < -0.39 is 28.1 Å². The average Bonchev–Trinajstić information content (AvgIpc) is 2.84. The maximum absolute atomic E-state index is 12.3. The van der Waals surface area contributed by atoms with Gasteiger partial charge in [-0.1, -0.05) is 0 Å². The second kappa shape index (κ2) is 4.58. The number of nitrogens with zero attached hydrogens (tertiary/aromatic N) is 3. The molecule has 2 N–H and O–H groups in total. The van der Waals surface area contributed by atoms with Crippen LogP contribution in [0, 0.1) is 6.92 Å². The molecule has 1 saturated heterocycles. The van der Waals surface area contributed by atoms with Gasteiger partial charge in [0, 0.05) is 26.2 Å². The molecule has 0 unspecified atom stereocenters. The van der Waals surface area contributed by atoms with Crippen molar-refractivity contribution in [2.45, 2.75) is 30.5 Å². The third-order valence-electron chi connectivity index (χ3n) is 3.18. The molecule has 1 fully saturated rings. The first-order chi connectivity index (χ1) is 8.73. The Hall–Kier alpha value is -1.45. The van der Waals surface area contributed by atoms with Crippen molar-refractivity contribution in [2.75, 3.05) is 6.54 Å². The van der Waals surface area contributed by atoms with Gasteiger partial charge in [-0.2, -0.15) is 4.31 Å². The minimum absolute atomic E-state index is 0.111. The molecule has 2 rings (SSSR count). The Morgan fingerprint density at radius 3 is 2.63 bits per heavy atom. The summed E-state index contributed by atoms with van der Waals surface area (Å²) >= 11 is 0. The van der Waals surface area contributed by atoms with Crippen LogP contribution in [0.25, 0.3) is 0 Å². The Kier molecular flexibility index (Phi) is 3.37. The predicted molar refractivity (Wildman–Crippen MR) is 63.9 cm³/mol. The quantitative estimate of drug-likeness (QED) is 0.733. The summed E-state index contributed by atoms with van der Waals surface area (Å²) in [6.45, 7) is 1.42. The molecular weight excluding hydrogens is 274 g/mol. The smallest absolute Gasteiger partial charge is 0.322 e. The van der Waals surface area contributed by atoms with Gasteiger partial charge in [-0.3, -0.25) is 4.79 Å². The lowest BCUT2D eigenvalue weighted by Gasteiger charge is -2.19. The molecule has 0 amide bonds. The zero-order chi connectivity index (χ0) is 14.4. The Bertz CT molecular complexity index is 589. The highest BCUT2D eigenvalue weighted by Crippen LogP contribution is 2.26. The van der Waals surface area contributed by atoms with Crippen LogP contribution in [0.5, 0.6) is 0 Å². The molecule has 1 aliphatic heterocycles. The molecule has 1 aromatic rings. The van der Waals surface area contributed by atoms with Crippen molar-refractivity contribution >= 4 is 16.0 Å². The fourth-order valence-corrected chi connectivity index (χ4v) is 3.70. The van der Waals surface area contributed by atoms with E-state index in [1.54, 1.807) is 14.0 Å². The molecule has 9 heteroatoms. The van der Waals surface area contributed by atoms with Gasteiger partial charge in [0.05, 0.1) is 6.10 Å². The summed E-state index contributed by atoms with van der Waals surface area (Å²) in [7, 11) is -2.36. The van der Waals surface area contributed by atoms with Gasteiger partial charge < -0.3 is 14.8 Å². The van der Waals surface area contributed by atoms with E-state index >= 15 is 0 Å². The average molecular weight is 289 g/mol. The van der Waals surface area contributed by atoms with E-state index in [2.05, 4.69) is 4.98 Å². The lowest BCUT2D eigenvalue weighted by atomic mass is 10.2. The second-order valence-electron chi connectivity index (χ2n) is 4.56. The van der Waals surface area contributed by atoms with E-state index in [-0.39, 0.29) is 18.0 Å². The predicted octanol–water partition coefficient (Wildman–Crippen LogP) is -1.06. The van der Waals surface area contributed by atoms with E-state index in [9.17, 15) is 18.3 Å². The van der Waals surface area contributed by atoms with Gasteiger partial charge >= 0.3 is 5.97 Å². The van der Waals surface area contributed by atoms with Gasteiger partial charge in [0.1, 0.15) is 11.9 Å². The summed E-state index contributed by atoms with van der Waals surface area (Å²) in [5.41, 5.74) is 0. The Morgan fingerprint density at radius 1 is 1.53 bits per heavy atom. The SMILES string of the molecule is Cc1nc(S(=O)(=O)N2C[C@@H](O)C[C@H]2C(=O)O)cn1C. The summed E-state index contributed by atoms with van der Waals surface area (Å²) in [5, 5.41) is 18.3. The van der Waals surface area contributed by atoms with Crippen LogP contribution in [0.15, 0.2) is 11.2 Å². The molecule has 2 atom stereocenters. The van der Waals surface area contributed by atoms with Crippen molar-refractivity contribution in [3.63, 3.8) is 0 Å². The Morgan fingerprint density at radius 2 is 2.16 bits per heavy atom. The van der Waals surface area contributed by atoms with Crippen molar-refractivity contribution < 1.29 is 23.4 Å². The molecule has 8 nitrogen and oxygen atoms in total. The number of β-amino-alcohol motifs (C(OH)–C–C–N with tert-alkyl or cyclic N) is 1. The van der Waals surface area contributed by atoms with E-state index in [1.165, 1.54) is 10.8 Å². The number of carbonyl (C=O) groups is 1. The monoisotopic (exact) mass is 289 g/mol. The first-order valence-electron chi connectivity index (χ1n) is 5.66. The van der Waals surface area contributed by atoms with Crippen LogP contribution in [0.4, 0.5) is 0 Å². The highest BCUT2D eigenvalue weighted by atomic mass is 32.2. The number of rotatable bonds is 3. The molecule has 0 saturated carbocycles. The number of carboxylic acids is 1. The summed E-state index contributed by atoms with van der Waals surface area (Å²) in [6.07, 6.45) is 0.245. The fraction of sp³-hybridized carbons (Fsp3) is 0.600. The maximum atomic E-state index is 12.3. The molecule has 1 aliphatic rings. The Labute approximate surface area is 110 Å². The number of hydrogen-bond acceptors (Lipinski definition) is 5. The number of imidazole rings is 1.